The van der Waals surface area contributed by atoms with Gasteiger partial charge in [-0.3, -0.25) is 9.97 Å². The molecule has 0 bridgehead atoms. The number of aryl methyl sites for hydroxylation is 6. The predicted molar refractivity (Wildman–Crippen MR) is 186 cm³/mol. The maximum atomic E-state index is 5.57. The molecule has 6 heteroatoms. The number of pyridine rings is 2. The number of hydrogen-bond acceptors (Lipinski definition) is 4. The van der Waals surface area contributed by atoms with Crippen molar-refractivity contribution in [2.24, 2.45) is 0 Å². The fourth-order valence-electron chi connectivity index (χ4n) is 5.28. The molecule has 1 aliphatic rings. The molecule has 44 heavy (non-hydrogen) atoms. The molecule has 0 aliphatic carbocycles. The third kappa shape index (κ3) is 11.4. The van der Waals surface area contributed by atoms with E-state index in [1.54, 1.807) is 24.8 Å². The van der Waals surface area contributed by atoms with Crippen LogP contribution in [0.15, 0.2) is 116 Å². The first-order valence-electron chi connectivity index (χ1n) is 14.6. The van der Waals surface area contributed by atoms with Gasteiger partial charge in [-0.15, -0.1) is 0 Å². The number of anilines is 2. The number of halogens is 1. The molecule has 5 aromatic rings. The molecule has 0 amide bonds. The van der Waals surface area contributed by atoms with Gasteiger partial charge in [-0.25, -0.2) is 0 Å². The first-order valence-corrected chi connectivity index (χ1v) is 17.9. The van der Waals surface area contributed by atoms with Crippen molar-refractivity contribution in [1.29, 1.82) is 0 Å². The van der Waals surface area contributed by atoms with Crippen molar-refractivity contribution in [3.8, 4) is 0 Å². The van der Waals surface area contributed by atoms with E-state index in [1.807, 2.05) is 54.6 Å². The van der Waals surface area contributed by atoms with Gasteiger partial charge < -0.3 is 9.80 Å². The van der Waals surface area contributed by atoms with Crippen molar-refractivity contribution in [1.82, 2.24) is 9.97 Å². The second-order valence-corrected chi connectivity index (χ2v) is 12.4. The van der Waals surface area contributed by atoms with Gasteiger partial charge in [-0.2, -0.15) is 6.67 Å². The van der Waals surface area contributed by atoms with Crippen molar-refractivity contribution < 1.29 is 15.7 Å². The van der Waals surface area contributed by atoms with Gasteiger partial charge >= 0.3 is 65.9 Å². The van der Waals surface area contributed by atoms with E-state index < -0.39 is 0 Å². The van der Waals surface area contributed by atoms with Crippen molar-refractivity contribution in [2.75, 3.05) is 22.9 Å². The van der Waals surface area contributed by atoms with Gasteiger partial charge in [-0.1, -0.05) is 47.5 Å². The van der Waals surface area contributed by atoms with Crippen LogP contribution in [0.1, 0.15) is 38.9 Å². The molecule has 2 aromatic heterocycles. The van der Waals surface area contributed by atoms with E-state index in [2.05, 4.69) is 109 Å². The summed E-state index contributed by atoms with van der Waals surface area (Å²) in [6.07, 6.45) is 7.00. The molecule has 0 radical (unpaired) electrons. The zero-order chi connectivity index (χ0) is 31.7. The third-order valence-electron chi connectivity index (χ3n) is 6.79. The number of hydrogen-bond donors (Lipinski definition) is 0. The smallest absolute Gasteiger partial charge is 0.0267 e. The Balaban J connectivity index is 0.000000203. The third-order valence-corrected chi connectivity index (χ3v) is 8.02. The van der Waals surface area contributed by atoms with E-state index in [4.69, 9.17) is 9.69 Å². The first-order chi connectivity index (χ1) is 21.3. The molecule has 0 atom stereocenters. The second kappa shape index (κ2) is 18.9. The van der Waals surface area contributed by atoms with E-state index in [0.29, 0.717) is 0 Å². The standard InChI is InChI=1S/C21H27N2.C7H6.2C5H5N.ClH.Ru/c1-14-9-16(3)20(17(4)10-14)22-7-8-23(13-22)21-18(5)11-15(2)12-19(21)6;1-7-5-3-2-4-6-7;2*1-2-4-6-5-3-1;;/h9-13H,7-8H2,1-6H3;1-6H;2*1-5H;1H;/q-1;;;;;+1/p-1. The number of benzene rings is 3. The first kappa shape index (κ1) is 34.8. The molecule has 4 nitrogen and oxygen atoms in total. The maximum absolute atomic E-state index is 5.57. The van der Waals surface area contributed by atoms with Crippen LogP contribution in [0.4, 0.5) is 11.4 Å². The van der Waals surface area contributed by atoms with E-state index in [1.165, 1.54) is 50.3 Å². The molecule has 0 saturated carbocycles. The van der Waals surface area contributed by atoms with Crippen molar-refractivity contribution in [3.05, 3.63) is 161 Å². The van der Waals surface area contributed by atoms with Crippen LogP contribution in [-0.4, -0.2) is 27.7 Å². The molecule has 3 heterocycles. The van der Waals surface area contributed by atoms with Crippen molar-refractivity contribution >= 4 is 25.7 Å². The van der Waals surface area contributed by atoms with Gasteiger partial charge in [0.25, 0.3) is 0 Å². The molecule has 1 aliphatic heterocycles. The summed E-state index contributed by atoms with van der Waals surface area (Å²) in [6, 6.07) is 30.7. The summed E-state index contributed by atoms with van der Waals surface area (Å²) in [6.45, 7) is 17.6. The predicted octanol–water partition coefficient (Wildman–Crippen LogP) is 9.22. The molecular formula is C38H43ClN4Ru-. The van der Waals surface area contributed by atoms with Gasteiger partial charge in [-0.05, 0) is 88.1 Å². The minimum Gasteiger partial charge on any atom is -0.265 e. The Morgan fingerprint density at radius 2 is 0.955 bits per heavy atom. The average molecular weight is 692 g/mol. The normalized spacial score (nSPS) is 12.2. The van der Waals surface area contributed by atoms with Crippen LogP contribution >= 0.6 is 9.69 Å². The summed E-state index contributed by atoms with van der Waals surface area (Å²) in [5, 5.41) is 0. The van der Waals surface area contributed by atoms with Crippen LogP contribution < -0.4 is 9.80 Å². The molecule has 0 spiro atoms. The van der Waals surface area contributed by atoms with Gasteiger partial charge in [0, 0.05) is 49.3 Å². The average Bonchev–Trinajstić information content (AvgIpc) is 3.48. The molecule has 0 N–H and O–H groups in total. The monoisotopic (exact) mass is 692 g/mol. The Hall–Kier alpha value is -3.66. The fraction of sp³-hybridized carbons (Fsp3) is 0.211. The Kier molecular flexibility index (Phi) is 14.9. The Morgan fingerprint density at radius 3 is 1.25 bits per heavy atom. The van der Waals surface area contributed by atoms with E-state index >= 15 is 0 Å². The molecule has 1 fully saturated rings. The second-order valence-electron chi connectivity index (χ2n) is 10.6. The largest absolute Gasteiger partial charge is 0.265 e. The minimum atomic E-state index is -0.0765. The van der Waals surface area contributed by atoms with Crippen LogP contribution in [0.2, 0.25) is 0 Å². The SMILES string of the molecule is Cc1cc(C)c(N2[CH-]N(c3c(C)cc(C)cc3C)CC2)c(C)c1.[Cl][Ru]=[CH]c1ccccc1.c1ccncc1.c1ccncc1. The zero-order valence-corrected chi connectivity index (χ0v) is 29.1. The summed E-state index contributed by atoms with van der Waals surface area (Å²) >= 11 is -0.0765. The fourth-order valence-corrected chi connectivity index (χ4v) is 6.36. The van der Waals surface area contributed by atoms with E-state index in [9.17, 15) is 0 Å². The van der Waals surface area contributed by atoms with Gasteiger partial charge in [0.2, 0.25) is 0 Å². The number of nitrogens with zero attached hydrogens (tertiary/aromatic N) is 4. The van der Waals surface area contributed by atoms with E-state index in [0.717, 1.165) is 13.1 Å². The quantitative estimate of drug-likeness (QED) is 0.140. The van der Waals surface area contributed by atoms with Crippen molar-refractivity contribution in [3.63, 3.8) is 0 Å². The van der Waals surface area contributed by atoms with Crippen molar-refractivity contribution in [2.45, 2.75) is 41.5 Å². The molecule has 1 saturated heterocycles. The van der Waals surface area contributed by atoms with Crippen LogP contribution in [0.25, 0.3) is 0 Å². The molecule has 3 aromatic carbocycles. The summed E-state index contributed by atoms with van der Waals surface area (Å²) in [4.78, 5) is 12.4. The summed E-state index contributed by atoms with van der Waals surface area (Å²) < 4.78 is 2.06. The summed E-state index contributed by atoms with van der Waals surface area (Å²) in [5.74, 6) is 0. The Bertz CT molecular complexity index is 1370. The van der Waals surface area contributed by atoms with Gasteiger partial charge in [0.15, 0.2) is 0 Å². The molecule has 231 valence electrons. The van der Waals surface area contributed by atoms with Crippen LogP contribution in [0.3, 0.4) is 0 Å². The van der Waals surface area contributed by atoms with E-state index in [-0.39, 0.29) is 15.7 Å². The van der Waals surface area contributed by atoms with Crippen LogP contribution in [0, 0.1) is 48.2 Å². The molecule has 0 unspecified atom stereocenters. The van der Waals surface area contributed by atoms with Gasteiger partial charge in [0.1, 0.15) is 0 Å². The Morgan fingerprint density at radius 1 is 0.591 bits per heavy atom. The Labute approximate surface area is 275 Å². The van der Waals surface area contributed by atoms with Crippen LogP contribution in [-0.2, 0) is 15.7 Å². The van der Waals surface area contributed by atoms with Gasteiger partial charge in [0.05, 0.1) is 0 Å². The molecular weight excluding hydrogens is 649 g/mol. The van der Waals surface area contributed by atoms with Crippen LogP contribution in [0.5, 0.6) is 0 Å². The number of aromatic nitrogens is 2. The summed E-state index contributed by atoms with van der Waals surface area (Å²) in [7, 11) is 5.57. The minimum absolute atomic E-state index is 0.0765. The topological polar surface area (TPSA) is 32.3 Å². The zero-order valence-electron chi connectivity index (χ0n) is 26.6. The molecule has 6 rings (SSSR count). The maximum Gasteiger partial charge on any atom is 0.0267 e. The number of rotatable bonds is 3. The summed E-state index contributed by atoms with van der Waals surface area (Å²) in [5.41, 5.74) is 12.1.